The minimum atomic E-state index is -0.904. The molecule has 248 valence electrons. The van der Waals surface area contributed by atoms with E-state index in [0.717, 1.165) is 31.2 Å². The van der Waals surface area contributed by atoms with Crippen molar-refractivity contribution in [1.82, 2.24) is 26.2 Å². The van der Waals surface area contributed by atoms with Crippen molar-refractivity contribution in [2.75, 3.05) is 33.7 Å². The minimum absolute atomic E-state index is 0.143. The monoisotopic (exact) mass is 618 g/mol. The highest BCUT2D eigenvalue weighted by atomic mass is 16.6. The first-order chi connectivity index (χ1) is 21.0. The molecule has 0 heterocycles. The van der Waals surface area contributed by atoms with Crippen LogP contribution >= 0.6 is 0 Å². The van der Waals surface area contributed by atoms with Gasteiger partial charge >= 0.3 is 6.09 Å². The molecular formula is C32H54N6O6. The highest BCUT2D eigenvalue weighted by Crippen LogP contribution is 2.15. The highest BCUT2D eigenvalue weighted by Gasteiger charge is 2.30. The summed E-state index contributed by atoms with van der Waals surface area (Å²) in [5.74, 6) is -1.10. The van der Waals surface area contributed by atoms with Crippen molar-refractivity contribution in [2.45, 2.75) is 97.1 Å². The van der Waals surface area contributed by atoms with E-state index in [1.54, 1.807) is 24.3 Å². The first-order valence-electron chi connectivity index (χ1n) is 15.8. The Hall–Kier alpha value is -3.67. The van der Waals surface area contributed by atoms with E-state index >= 15 is 0 Å². The van der Waals surface area contributed by atoms with Crippen molar-refractivity contribution >= 4 is 29.7 Å². The molecule has 44 heavy (non-hydrogen) atoms. The summed E-state index contributed by atoms with van der Waals surface area (Å²) in [5, 5.41) is 11.3. The summed E-state index contributed by atoms with van der Waals surface area (Å²) >= 11 is 0. The predicted octanol–water partition coefficient (Wildman–Crippen LogP) is 2.64. The van der Waals surface area contributed by atoms with E-state index in [2.05, 4.69) is 28.2 Å². The van der Waals surface area contributed by atoms with Gasteiger partial charge < -0.3 is 36.6 Å². The molecule has 5 amide bonds. The number of benzene rings is 1. The molecule has 0 aliphatic heterocycles. The Morgan fingerprint density at radius 1 is 0.841 bits per heavy atom. The van der Waals surface area contributed by atoms with E-state index in [4.69, 9.17) is 10.5 Å². The van der Waals surface area contributed by atoms with E-state index in [1.165, 1.54) is 0 Å². The van der Waals surface area contributed by atoms with Gasteiger partial charge in [-0.15, -0.1) is 0 Å². The average Bonchev–Trinajstić information content (AvgIpc) is 2.97. The Bertz CT molecular complexity index is 1030. The number of unbranched alkanes of at least 4 members (excludes halogenated alkanes) is 4. The van der Waals surface area contributed by atoms with Crippen LogP contribution in [-0.2, 0) is 25.6 Å². The Labute approximate surface area is 262 Å². The van der Waals surface area contributed by atoms with Gasteiger partial charge in [-0.3, -0.25) is 19.2 Å². The molecule has 1 aromatic rings. The van der Waals surface area contributed by atoms with Crippen LogP contribution in [0.5, 0.6) is 5.75 Å². The third-order valence-electron chi connectivity index (χ3n) is 7.25. The molecule has 0 fully saturated rings. The fraction of sp³-hybridized carbons (Fsp3) is 0.656. The van der Waals surface area contributed by atoms with E-state index in [1.807, 2.05) is 32.8 Å². The van der Waals surface area contributed by atoms with Gasteiger partial charge in [0.15, 0.2) is 0 Å². The first-order valence-corrected chi connectivity index (χ1v) is 15.8. The molecule has 12 heteroatoms. The zero-order chi connectivity index (χ0) is 32.9. The Morgan fingerprint density at radius 3 is 2.14 bits per heavy atom. The number of amides is 5. The quantitative estimate of drug-likeness (QED) is 0.124. The van der Waals surface area contributed by atoms with E-state index in [-0.39, 0.29) is 30.1 Å². The Balaban J connectivity index is 2.92. The van der Waals surface area contributed by atoms with E-state index < -0.39 is 24.1 Å². The zero-order valence-corrected chi connectivity index (χ0v) is 27.2. The molecule has 1 aromatic carbocycles. The third kappa shape index (κ3) is 16.8. The molecule has 0 saturated heterocycles. The molecule has 12 nitrogen and oxygen atoms in total. The van der Waals surface area contributed by atoms with Gasteiger partial charge in [-0.1, -0.05) is 58.6 Å². The SMILES string of the molecule is CCCCCC(=O)N[C@@H](Cc1ccc(OC(=O)NCCN(C)C)cc1)C(=O)NC(C(=O)NCCCCCC(N)=O)C(C)CC. The van der Waals surface area contributed by atoms with Crippen molar-refractivity contribution < 1.29 is 28.7 Å². The van der Waals surface area contributed by atoms with Crippen molar-refractivity contribution in [3.05, 3.63) is 29.8 Å². The summed E-state index contributed by atoms with van der Waals surface area (Å²) in [7, 11) is 3.82. The maximum absolute atomic E-state index is 13.6. The van der Waals surface area contributed by atoms with Crippen LogP contribution in [0.1, 0.15) is 84.1 Å². The summed E-state index contributed by atoms with van der Waals surface area (Å²) in [6.07, 6.45) is 5.61. The van der Waals surface area contributed by atoms with Gasteiger partial charge in [0.25, 0.3) is 0 Å². The number of likely N-dealkylation sites (N-methyl/N-ethyl adjacent to an activating group) is 1. The molecule has 3 atom stereocenters. The predicted molar refractivity (Wildman–Crippen MR) is 171 cm³/mol. The number of ether oxygens (including phenoxy) is 1. The number of nitrogens with two attached hydrogens (primary N) is 1. The van der Waals surface area contributed by atoms with Crippen LogP contribution in [0.3, 0.4) is 0 Å². The summed E-state index contributed by atoms with van der Waals surface area (Å²) < 4.78 is 5.32. The van der Waals surface area contributed by atoms with Gasteiger partial charge in [-0.2, -0.15) is 0 Å². The lowest BCUT2D eigenvalue weighted by Crippen LogP contribution is -2.56. The minimum Gasteiger partial charge on any atom is -0.410 e. The maximum atomic E-state index is 13.6. The summed E-state index contributed by atoms with van der Waals surface area (Å²) in [6, 6.07) is 5.07. The normalized spacial score (nSPS) is 13.0. The van der Waals surface area contributed by atoms with Gasteiger partial charge in [0.1, 0.15) is 17.8 Å². The Kier molecular flexibility index (Phi) is 19.1. The second-order valence-corrected chi connectivity index (χ2v) is 11.5. The highest BCUT2D eigenvalue weighted by molar-refractivity contribution is 5.92. The van der Waals surface area contributed by atoms with E-state index in [9.17, 15) is 24.0 Å². The average molecular weight is 619 g/mol. The number of primary amides is 1. The number of nitrogens with zero attached hydrogens (tertiary/aromatic N) is 1. The molecule has 0 aromatic heterocycles. The largest absolute Gasteiger partial charge is 0.412 e. The molecule has 1 rings (SSSR count). The second-order valence-electron chi connectivity index (χ2n) is 11.5. The lowest BCUT2D eigenvalue weighted by Gasteiger charge is -2.26. The van der Waals surface area contributed by atoms with E-state index in [0.29, 0.717) is 57.5 Å². The first kappa shape index (κ1) is 38.4. The lowest BCUT2D eigenvalue weighted by molar-refractivity contribution is -0.133. The summed E-state index contributed by atoms with van der Waals surface area (Å²) in [5.41, 5.74) is 5.92. The van der Waals surface area contributed by atoms with Crippen LogP contribution in [0, 0.1) is 5.92 Å². The number of nitrogens with one attached hydrogen (secondary N) is 4. The molecule has 6 N–H and O–H groups in total. The van der Waals surface area contributed by atoms with Gasteiger partial charge in [-0.05, 0) is 57.0 Å². The van der Waals surface area contributed by atoms with Gasteiger partial charge in [0.05, 0.1) is 0 Å². The summed E-state index contributed by atoms with van der Waals surface area (Å²) in [4.78, 5) is 64.3. The number of hydrogen-bond donors (Lipinski definition) is 5. The zero-order valence-electron chi connectivity index (χ0n) is 27.2. The van der Waals surface area contributed by atoms with Crippen LogP contribution in [0.2, 0.25) is 0 Å². The van der Waals surface area contributed by atoms with Crippen molar-refractivity contribution in [3.63, 3.8) is 0 Å². The fourth-order valence-electron chi connectivity index (χ4n) is 4.34. The van der Waals surface area contributed by atoms with Gasteiger partial charge in [-0.25, -0.2) is 4.79 Å². The number of rotatable bonds is 22. The fourth-order valence-corrected chi connectivity index (χ4v) is 4.34. The summed E-state index contributed by atoms with van der Waals surface area (Å²) in [6.45, 7) is 7.44. The molecule has 0 aliphatic rings. The van der Waals surface area contributed by atoms with Gasteiger partial charge in [0.2, 0.25) is 23.6 Å². The number of carbonyl (C=O) groups excluding carboxylic acids is 5. The van der Waals surface area contributed by atoms with Crippen LogP contribution in [0.25, 0.3) is 0 Å². The molecule has 0 radical (unpaired) electrons. The molecular weight excluding hydrogens is 564 g/mol. The molecule has 0 bridgehead atoms. The third-order valence-corrected chi connectivity index (χ3v) is 7.25. The van der Waals surface area contributed by atoms with Crippen molar-refractivity contribution in [3.8, 4) is 5.75 Å². The van der Waals surface area contributed by atoms with Crippen molar-refractivity contribution in [2.24, 2.45) is 11.7 Å². The van der Waals surface area contributed by atoms with Crippen LogP contribution in [0.15, 0.2) is 24.3 Å². The molecule has 2 unspecified atom stereocenters. The van der Waals surface area contributed by atoms with Crippen LogP contribution in [0.4, 0.5) is 4.79 Å². The smallest absolute Gasteiger partial charge is 0.410 e. The van der Waals surface area contributed by atoms with Crippen LogP contribution in [-0.4, -0.2) is 80.4 Å². The Morgan fingerprint density at radius 2 is 1.52 bits per heavy atom. The maximum Gasteiger partial charge on any atom is 0.412 e. The second kappa shape index (κ2) is 21.9. The standard InChI is InChI=1S/C32H54N6O6/c1-6-8-10-14-28(40)36-26(22-24-15-17-25(18-16-24)44-32(43)35-20-21-38(4)5)30(41)37-29(23(3)7-2)31(42)34-19-12-9-11-13-27(33)39/h15-18,23,26,29H,6-14,19-22H2,1-5H3,(H2,33,39)(H,34,42)(H,35,43)(H,36,40)(H,37,41)/t23?,26-,29?/m0/s1. The topological polar surface area (TPSA) is 172 Å². The lowest BCUT2D eigenvalue weighted by atomic mass is 9.97. The number of hydrogen-bond acceptors (Lipinski definition) is 7. The number of carbonyl (C=O) groups is 5. The van der Waals surface area contributed by atoms with Crippen LogP contribution < -0.4 is 31.7 Å². The van der Waals surface area contributed by atoms with Gasteiger partial charge in [0, 0.05) is 38.9 Å². The molecule has 0 spiro atoms. The molecule has 0 aliphatic carbocycles. The van der Waals surface area contributed by atoms with Crippen molar-refractivity contribution in [1.29, 1.82) is 0 Å². The molecule has 0 saturated carbocycles.